The lowest BCUT2D eigenvalue weighted by atomic mass is 10.3. The Morgan fingerprint density at radius 3 is 2.75 bits per heavy atom. The first-order chi connectivity index (χ1) is 7.60. The minimum atomic E-state index is -2.90. The van der Waals surface area contributed by atoms with Crippen LogP contribution in [0, 0.1) is 0 Å². The molecular formula is C9H8F2N2O2S. The Bertz CT molecular complexity index is 515. The van der Waals surface area contributed by atoms with Gasteiger partial charge < -0.3 is 15.2 Å². The lowest BCUT2D eigenvalue weighted by Crippen LogP contribution is -2.03. The summed E-state index contributed by atoms with van der Waals surface area (Å²) in [5, 5.41) is 0.367. The molecule has 0 saturated carbocycles. The van der Waals surface area contributed by atoms with Crippen LogP contribution in [0.1, 0.15) is 0 Å². The molecule has 1 aromatic heterocycles. The second kappa shape index (κ2) is 4.09. The van der Waals surface area contributed by atoms with E-state index >= 15 is 0 Å². The normalized spacial score (nSPS) is 11.0. The molecule has 7 heteroatoms. The Balaban J connectivity index is 2.53. The fraction of sp³-hybridized carbons (Fsp3) is 0.222. The minimum Gasteiger partial charge on any atom is -0.493 e. The van der Waals surface area contributed by atoms with E-state index < -0.39 is 6.61 Å². The summed E-state index contributed by atoms with van der Waals surface area (Å²) in [5.41, 5.74) is 6.02. The quantitative estimate of drug-likeness (QED) is 0.903. The first-order valence-electron chi connectivity index (χ1n) is 4.29. The van der Waals surface area contributed by atoms with Crippen molar-refractivity contribution in [2.45, 2.75) is 6.61 Å². The van der Waals surface area contributed by atoms with Crippen molar-refractivity contribution in [1.82, 2.24) is 4.98 Å². The second-order valence-corrected chi connectivity index (χ2v) is 3.96. The molecule has 86 valence electrons. The topological polar surface area (TPSA) is 57.4 Å². The van der Waals surface area contributed by atoms with Gasteiger partial charge in [0.1, 0.15) is 0 Å². The van der Waals surface area contributed by atoms with Crippen LogP contribution in [0.4, 0.5) is 13.9 Å². The molecule has 0 amide bonds. The molecule has 0 fully saturated rings. The summed E-state index contributed by atoms with van der Waals surface area (Å²) in [7, 11) is 1.38. The molecule has 2 rings (SSSR count). The van der Waals surface area contributed by atoms with Crippen molar-refractivity contribution >= 4 is 26.7 Å². The third-order valence-electron chi connectivity index (χ3n) is 1.91. The number of rotatable bonds is 3. The van der Waals surface area contributed by atoms with E-state index in [1.165, 1.54) is 24.5 Å². The first-order valence-corrected chi connectivity index (χ1v) is 5.10. The number of nitrogens with zero attached hydrogens (tertiary/aromatic N) is 1. The van der Waals surface area contributed by atoms with E-state index in [1.54, 1.807) is 6.07 Å². The first kappa shape index (κ1) is 10.9. The van der Waals surface area contributed by atoms with Crippen LogP contribution in [-0.4, -0.2) is 18.7 Å². The number of nitrogens with two attached hydrogens (primary N) is 1. The molecule has 1 heterocycles. The lowest BCUT2D eigenvalue weighted by Gasteiger charge is -2.08. The Morgan fingerprint density at radius 1 is 1.38 bits per heavy atom. The SMILES string of the molecule is COc1cc2sc(N)nc2cc1OC(F)F. The van der Waals surface area contributed by atoms with Gasteiger partial charge in [0.2, 0.25) is 0 Å². The number of anilines is 1. The number of halogens is 2. The van der Waals surface area contributed by atoms with Gasteiger partial charge in [0.15, 0.2) is 16.6 Å². The summed E-state index contributed by atoms with van der Waals surface area (Å²) < 4.78 is 34.3. The number of hydrogen-bond acceptors (Lipinski definition) is 5. The van der Waals surface area contributed by atoms with Crippen LogP contribution >= 0.6 is 11.3 Å². The number of methoxy groups -OCH3 is 1. The number of hydrogen-bond donors (Lipinski definition) is 1. The van der Waals surface area contributed by atoms with Gasteiger partial charge in [0.25, 0.3) is 0 Å². The fourth-order valence-electron chi connectivity index (χ4n) is 1.30. The van der Waals surface area contributed by atoms with Crippen LogP contribution in [0.3, 0.4) is 0 Å². The molecule has 0 aliphatic rings. The van der Waals surface area contributed by atoms with Crippen LogP contribution in [0.25, 0.3) is 10.2 Å². The summed E-state index contributed by atoms with van der Waals surface area (Å²) in [6.07, 6.45) is 0. The lowest BCUT2D eigenvalue weighted by molar-refractivity contribution is -0.0511. The summed E-state index contributed by atoms with van der Waals surface area (Å²) in [6, 6.07) is 2.95. The summed E-state index contributed by atoms with van der Waals surface area (Å²) >= 11 is 1.25. The molecule has 1 aromatic carbocycles. The third kappa shape index (κ3) is 1.99. The number of aromatic nitrogens is 1. The molecule has 0 aliphatic carbocycles. The largest absolute Gasteiger partial charge is 0.493 e. The van der Waals surface area contributed by atoms with Gasteiger partial charge in [0.05, 0.1) is 17.3 Å². The van der Waals surface area contributed by atoms with E-state index in [1.807, 2.05) is 0 Å². The summed E-state index contributed by atoms with van der Waals surface area (Å²) in [4.78, 5) is 3.97. The standard InChI is InChI=1S/C9H8F2N2O2S/c1-14-5-3-7-4(13-9(12)16-7)2-6(5)15-8(10)11/h2-3,8H,1H3,(H2,12,13). The third-order valence-corrected chi connectivity index (χ3v) is 2.75. The number of alkyl halides is 2. The number of fused-ring (bicyclic) bond motifs is 1. The number of nitrogen functional groups attached to an aromatic ring is 1. The maximum absolute atomic E-state index is 12.1. The molecular weight excluding hydrogens is 238 g/mol. The molecule has 2 aromatic rings. The zero-order chi connectivity index (χ0) is 11.7. The van der Waals surface area contributed by atoms with Crippen molar-refractivity contribution in [2.75, 3.05) is 12.8 Å². The van der Waals surface area contributed by atoms with Gasteiger partial charge in [-0.1, -0.05) is 11.3 Å². The highest BCUT2D eigenvalue weighted by Gasteiger charge is 2.13. The second-order valence-electron chi connectivity index (χ2n) is 2.90. The highest BCUT2D eigenvalue weighted by molar-refractivity contribution is 7.22. The van der Waals surface area contributed by atoms with Gasteiger partial charge in [-0.25, -0.2) is 4.98 Å². The molecule has 0 saturated heterocycles. The number of benzene rings is 1. The fourth-order valence-corrected chi connectivity index (χ4v) is 2.05. The molecule has 0 aliphatic heterocycles. The van der Waals surface area contributed by atoms with Gasteiger partial charge in [-0.05, 0) is 0 Å². The number of thiazole rings is 1. The van der Waals surface area contributed by atoms with Crippen molar-refractivity contribution in [3.8, 4) is 11.5 Å². The van der Waals surface area contributed by atoms with Gasteiger partial charge in [0, 0.05) is 12.1 Å². The molecule has 0 atom stereocenters. The molecule has 2 N–H and O–H groups in total. The van der Waals surface area contributed by atoms with Crippen molar-refractivity contribution in [3.05, 3.63) is 12.1 Å². The monoisotopic (exact) mass is 246 g/mol. The van der Waals surface area contributed by atoms with E-state index in [9.17, 15) is 8.78 Å². The van der Waals surface area contributed by atoms with Crippen molar-refractivity contribution in [3.63, 3.8) is 0 Å². The number of ether oxygens (including phenoxy) is 2. The Labute approximate surface area is 93.6 Å². The van der Waals surface area contributed by atoms with Crippen LogP contribution in [0.15, 0.2) is 12.1 Å². The molecule has 0 radical (unpaired) electrons. The van der Waals surface area contributed by atoms with E-state index in [0.29, 0.717) is 10.6 Å². The Hall–Kier alpha value is -1.63. The highest BCUT2D eigenvalue weighted by atomic mass is 32.1. The molecule has 0 unspecified atom stereocenters. The summed E-state index contributed by atoms with van der Waals surface area (Å²) in [6.45, 7) is -2.90. The van der Waals surface area contributed by atoms with Crippen molar-refractivity contribution in [1.29, 1.82) is 0 Å². The minimum absolute atomic E-state index is 0.0460. The maximum Gasteiger partial charge on any atom is 0.387 e. The maximum atomic E-state index is 12.1. The predicted octanol–water partition coefficient (Wildman–Crippen LogP) is 2.49. The van der Waals surface area contributed by atoms with Gasteiger partial charge in [-0.15, -0.1) is 0 Å². The highest BCUT2D eigenvalue weighted by Crippen LogP contribution is 2.36. The molecule has 0 bridgehead atoms. The van der Waals surface area contributed by atoms with Crippen molar-refractivity contribution in [2.24, 2.45) is 0 Å². The van der Waals surface area contributed by atoms with Crippen LogP contribution in [0.5, 0.6) is 11.5 Å². The van der Waals surface area contributed by atoms with E-state index in [-0.39, 0.29) is 11.5 Å². The van der Waals surface area contributed by atoms with Crippen molar-refractivity contribution < 1.29 is 18.3 Å². The smallest absolute Gasteiger partial charge is 0.387 e. The predicted molar refractivity (Wildman–Crippen MR) is 57.2 cm³/mol. The molecule has 0 spiro atoms. The van der Waals surface area contributed by atoms with Gasteiger partial charge in [-0.3, -0.25) is 0 Å². The molecule has 4 nitrogen and oxygen atoms in total. The Morgan fingerprint density at radius 2 is 2.12 bits per heavy atom. The average molecular weight is 246 g/mol. The van der Waals surface area contributed by atoms with Crippen LogP contribution in [-0.2, 0) is 0 Å². The van der Waals surface area contributed by atoms with E-state index in [2.05, 4.69) is 9.72 Å². The molecule has 16 heavy (non-hydrogen) atoms. The zero-order valence-electron chi connectivity index (χ0n) is 8.24. The summed E-state index contributed by atoms with van der Waals surface area (Å²) in [5.74, 6) is 0.187. The zero-order valence-corrected chi connectivity index (χ0v) is 9.05. The van der Waals surface area contributed by atoms with E-state index in [4.69, 9.17) is 10.5 Å². The van der Waals surface area contributed by atoms with Crippen LogP contribution < -0.4 is 15.2 Å². The van der Waals surface area contributed by atoms with Crippen LogP contribution in [0.2, 0.25) is 0 Å². The average Bonchev–Trinajstić information content (AvgIpc) is 2.55. The van der Waals surface area contributed by atoms with Gasteiger partial charge >= 0.3 is 6.61 Å². The van der Waals surface area contributed by atoms with E-state index in [0.717, 1.165) is 4.70 Å². The Kier molecular flexibility index (Phi) is 2.78. The van der Waals surface area contributed by atoms with Gasteiger partial charge in [-0.2, -0.15) is 8.78 Å².